The van der Waals surface area contributed by atoms with Crippen molar-refractivity contribution in [3.8, 4) is 0 Å². The zero-order chi connectivity index (χ0) is 18.4. The minimum absolute atomic E-state index is 0.0122. The Hall–Kier alpha value is -2.82. The number of hydrogen-bond donors (Lipinski definition) is 2. The Morgan fingerprint density at radius 2 is 1.81 bits per heavy atom. The van der Waals surface area contributed by atoms with Gasteiger partial charge in [-0.25, -0.2) is 4.79 Å². The van der Waals surface area contributed by atoms with Gasteiger partial charge in [0.15, 0.2) is 0 Å². The molecule has 26 heavy (non-hydrogen) atoms. The summed E-state index contributed by atoms with van der Waals surface area (Å²) < 4.78 is 0. The molecule has 1 heterocycles. The molecule has 3 rings (SSSR count). The number of carboxylic acids is 1. The number of rotatable bonds is 6. The van der Waals surface area contributed by atoms with Crippen LogP contribution in [0.2, 0.25) is 0 Å². The maximum Gasteiger partial charge on any atom is 0.317 e. The van der Waals surface area contributed by atoms with Gasteiger partial charge in [-0.05, 0) is 36.0 Å². The predicted molar refractivity (Wildman–Crippen MR) is 100 cm³/mol. The summed E-state index contributed by atoms with van der Waals surface area (Å²) in [4.78, 5) is 25.2. The minimum Gasteiger partial charge on any atom is -0.481 e. The van der Waals surface area contributed by atoms with Crippen molar-refractivity contribution in [2.75, 3.05) is 13.1 Å². The van der Waals surface area contributed by atoms with E-state index in [0.29, 0.717) is 19.5 Å². The fraction of sp³-hybridized carbons (Fsp3) is 0.333. The number of aliphatic carboxylic acids is 1. The number of carbonyl (C=O) groups is 2. The predicted octanol–water partition coefficient (Wildman–Crippen LogP) is 3.40. The first-order valence-electron chi connectivity index (χ1n) is 9.03. The lowest BCUT2D eigenvalue weighted by atomic mass is 9.89. The molecule has 0 spiro atoms. The zero-order valence-electron chi connectivity index (χ0n) is 14.7. The molecular weight excluding hydrogens is 328 g/mol. The van der Waals surface area contributed by atoms with Gasteiger partial charge in [0.2, 0.25) is 0 Å². The highest BCUT2D eigenvalue weighted by Crippen LogP contribution is 2.32. The summed E-state index contributed by atoms with van der Waals surface area (Å²) in [7, 11) is 0. The molecule has 0 saturated heterocycles. The van der Waals surface area contributed by atoms with E-state index in [4.69, 9.17) is 5.11 Å². The van der Waals surface area contributed by atoms with Crippen LogP contribution in [0.1, 0.15) is 35.6 Å². The second-order valence-corrected chi connectivity index (χ2v) is 6.58. The van der Waals surface area contributed by atoms with Crippen LogP contribution in [0.15, 0.2) is 54.6 Å². The van der Waals surface area contributed by atoms with Crippen LogP contribution < -0.4 is 5.32 Å². The van der Waals surface area contributed by atoms with Crippen molar-refractivity contribution in [2.45, 2.75) is 31.7 Å². The fourth-order valence-corrected chi connectivity index (χ4v) is 3.49. The van der Waals surface area contributed by atoms with Gasteiger partial charge in [-0.3, -0.25) is 4.79 Å². The Morgan fingerprint density at radius 3 is 2.58 bits per heavy atom. The summed E-state index contributed by atoms with van der Waals surface area (Å²) in [6.07, 6.45) is 2.11. The van der Waals surface area contributed by atoms with Crippen molar-refractivity contribution in [2.24, 2.45) is 0 Å². The Kier molecular flexibility index (Phi) is 5.89. The third-order valence-electron chi connectivity index (χ3n) is 4.79. The normalized spacial score (nSPS) is 16.0. The van der Waals surface area contributed by atoms with Crippen LogP contribution in [0.3, 0.4) is 0 Å². The third-order valence-corrected chi connectivity index (χ3v) is 4.79. The summed E-state index contributed by atoms with van der Waals surface area (Å²) in [6, 6.07) is 18.4. The van der Waals surface area contributed by atoms with Gasteiger partial charge in [0.05, 0.1) is 6.04 Å². The van der Waals surface area contributed by atoms with Gasteiger partial charge in [0.1, 0.15) is 0 Å². The SMILES string of the molecule is O=C(O)CCCNC(=O)N1CCc2ccccc2C1Cc1ccccc1. The van der Waals surface area contributed by atoms with Crippen LogP contribution in [0.4, 0.5) is 4.79 Å². The maximum absolute atomic E-state index is 12.7. The number of fused-ring (bicyclic) bond motifs is 1. The van der Waals surface area contributed by atoms with Crippen LogP contribution in [0, 0.1) is 0 Å². The number of hydrogen-bond acceptors (Lipinski definition) is 2. The topological polar surface area (TPSA) is 69.6 Å². The first-order chi connectivity index (χ1) is 12.6. The molecule has 1 aliphatic heterocycles. The van der Waals surface area contributed by atoms with Crippen molar-refractivity contribution < 1.29 is 14.7 Å². The van der Waals surface area contributed by atoms with Gasteiger partial charge < -0.3 is 15.3 Å². The van der Waals surface area contributed by atoms with Crippen LogP contribution in [-0.2, 0) is 17.6 Å². The molecule has 0 radical (unpaired) electrons. The Balaban J connectivity index is 1.75. The lowest BCUT2D eigenvalue weighted by Crippen LogP contribution is -2.46. The molecule has 136 valence electrons. The molecule has 5 heteroatoms. The van der Waals surface area contributed by atoms with Crippen molar-refractivity contribution in [3.63, 3.8) is 0 Å². The lowest BCUT2D eigenvalue weighted by molar-refractivity contribution is -0.137. The molecule has 1 unspecified atom stereocenters. The molecular formula is C21H24N2O3. The molecule has 0 bridgehead atoms. The number of carbonyl (C=O) groups excluding carboxylic acids is 1. The molecule has 1 atom stereocenters. The summed E-state index contributed by atoms with van der Waals surface area (Å²) in [5, 5.41) is 11.6. The second-order valence-electron chi connectivity index (χ2n) is 6.58. The first-order valence-corrected chi connectivity index (χ1v) is 9.03. The van der Waals surface area contributed by atoms with E-state index in [0.717, 1.165) is 12.8 Å². The van der Waals surface area contributed by atoms with Crippen LogP contribution in [0.5, 0.6) is 0 Å². The van der Waals surface area contributed by atoms with E-state index in [-0.39, 0.29) is 18.5 Å². The van der Waals surface area contributed by atoms with Crippen LogP contribution in [-0.4, -0.2) is 35.1 Å². The quantitative estimate of drug-likeness (QED) is 0.783. The van der Waals surface area contributed by atoms with Gasteiger partial charge in [0, 0.05) is 19.5 Å². The van der Waals surface area contributed by atoms with E-state index in [1.807, 2.05) is 35.2 Å². The highest BCUT2D eigenvalue weighted by molar-refractivity contribution is 5.75. The zero-order valence-corrected chi connectivity index (χ0v) is 14.7. The highest BCUT2D eigenvalue weighted by atomic mass is 16.4. The van der Waals surface area contributed by atoms with Crippen LogP contribution >= 0.6 is 0 Å². The average Bonchev–Trinajstić information content (AvgIpc) is 2.66. The Bertz CT molecular complexity index is 761. The average molecular weight is 352 g/mol. The van der Waals surface area contributed by atoms with Gasteiger partial charge in [0.25, 0.3) is 0 Å². The molecule has 2 N–H and O–H groups in total. The molecule has 0 saturated carbocycles. The number of benzene rings is 2. The van der Waals surface area contributed by atoms with E-state index in [9.17, 15) is 9.59 Å². The number of nitrogens with zero attached hydrogens (tertiary/aromatic N) is 1. The standard InChI is InChI=1S/C21H24N2O3/c24-20(25)11-6-13-22-21(26)23-14-12-17-9-4-5-10-18(17)19(23)15-16-7-2-1-3-8-16/h1-5,7-10,19H,6,11-15H2,(H,22,26)(H,24,25). The first kappa shape index (κ1) is 18.0. The number of carboxylic acid groups (broad SMARTS) is 1. The monoisotopic (exact) mass is 352 g/mol. The number of nitrogens with one attached hydrogen (secondary N) is 1. The van der Waals surface area contributed by atoms with Gasteiger partial charge in [-0.15, -0.1) is 0 Å². The van der Waals surface area contributed by atoms with Crippen molar-refractivity contribution >= 4 is 12.0 Å². The molecule has 5 nitrogen and oxygen atoms in total. The molecule has 0 aliphatic carbocycles. The highest BCUT2D eigenvalue weighted by Gasteiger charge is 2.30. The van der Waals surface area contributed by atoms with Gasteiger partial charge in [-0.1, -0.05) is 54.6 Å². The van der Waals surface area contributed by atoms with Crippen LogP contribution in [0.25, 0.3) is 0 Å². The molecule has 0 fully saturated rings. The smallest absolute Gasteiger partial charge is 0.317 e. The number of amides is 2. The van der Waals surface area contributed by atoms with E-state index in [1.165, 1.54) is 16.7 Å². The van der Waals surface area contributed by atoms with E-state index >= 15 is 0 Å². The van der Waals surface area contributed by atoms with Gasteiger partial charge in [-0.2, -0.15) is 0 Å². The van der Waals surface area contributed by atoms with E-state index < -0.39 is 5.97 Å². The summed E-state index contributed by atoms with van der Waals surface area (Å²) in [5.41, 5.74) is 3.68. The third kappa shape index (κ3) is 4.42. The van der Waals surface area contributed by atoms with E-state index in [1.54, 1.807) is 0 Å². The second kappa shape index (κ2) is 8.52. The maximum atomic E-state index is 12.7. The van der Waals surface area contributed by atoms with Crippen molar-refractivity contribution in [1.82, 2.24) is 10.2 Å². The molecule has 2 aromatic carbocycles. The summed E-state index contributed by atoms with van der Waals surface area (Å²) in [5.74, 6) is -0.840. The fourth-order valence-electron chi connectivity index (χ4n) is 3.49. The van der Waals surface area contributed by atoms with Crippen molar-refractivity contribution in [3.05, 3.63) is 71.3 Å². The molecule has 2 aromatic rings. The molecule has 0 aromatic heterocycles. The van der Waals surface area contributed by atoms with Crippen molar-refractivity contribution in [1.29, 1.82) is 0 Å². The minimum atomic E-state index is -0.840. The Morgan fingerprint density at radius 1 is 1.08 bits per heavy atom. The van der Waals surface area contributed by atoms with E-state index in [2.05, 4.69) is 29.6 Å². The summed E-state index contributed by atoms with van der Waals surface area (Å²) in [6.45, 7) is 1.04. The molecule has 2 amide bonds. The Labute approximate surface area is 153 Å². The molecule has 1 aliphatic rings. The number of urea groups is 1. The van der Waals surface area contributed by atoms with Gasteiger partial charge >= 0.3 is 12.0 Å². The summed E-state index contributed by atoms with van der Waals surface area (Å²) >= 11 is 0. The largest absolute Gasteiger partial charge is 0.481 e. The lowest BCUT2D eigenvalue weighted by Gasteiger charge is -2.37.